The molecule has 3 nitrogen and oxygen atoms in total. The molecular weight excluding hydrogens is 219 g/mol. The molecule has 4 heteroatoms. The van der Waals surface area contributed by atoms with Crippen molar-refractivity contribution in [2.45, 2.75) is 20.8 Å². The molecule has 0 heterocycles. The summed E-state index contributed by atoms with van der Waals surface area (Å²) in [4.78, 5) is 22.6. The Labute approximate surface area is 92.4 Å². The molecule has 0 aromatic heterocycles. The molecule has 0 aromatic rings. The van der Waals surface area contributed by atoms with Crippen molar-refractivity contribution in [1.29, 1.82) is 0 Å². The van der Waals surface area contributed by atoms with Crippen molar-refractivity contribution < 1.29 is 42.3 Å². The first kappa shape index (κ1) is 13.7. The summed E-state index contributed by atoms with van der Waals surface area (Å²) in [6.45, 7) is 4.49. The topological polar surface area (TPSA) is 37.4 Å². The molecule has 61 valence electrons. The monoisotopic (exact) mass is 231 g/mol. The van der Waals surface area contributed by atoms with Crippen LogP contribution in [0.4, 0.5) is 0 Å². The van der Waals surface area contributed by atoms with Gasteiger partial charge in [0.05, 0.1) is 0 Å². The second kappa shape index (κ2) is 5.72. The third-order valence-electron chi connectivity index (χ3n) is 1.48. The smallest absolute Gasteiger partial charge is 0.193 e. The average Bonchev–Trinajstić information content (AvgIpc) is 1.84. The molecule has 1 radical (unpaired) electrons. The molecule has 0 saturated carbocycles. The van der Waals surface area contributed by atoms with Crippen LogP contribution < -0.4 is 0 Å². The molecular formula is C7H12NO2Y-. The maximum atomic E-state index is 10.7. The maximum Gasteiger partial charge on any atom is 0.193 e. The van der Waals surface area contributed by atoms with Gasteiger partial charge in [0.1, 0.15) is 0 Å². The number of nitrogens with zero attached hydrogens (tertiary/aromatic N) is 1. The van der Waals surface area contributed by atoms with E-state index in [1.165, 1.54) is 18.7 Å². The fraction of sp³-hybridized carbons (Fsp3) is 0.571. The summed E-state index contributed by atoms with van der Waals surface area (Å²) in [6, 6.07) is 0.479. The van der Waals surface area contributed by atoms with Crippen LogP contribution in [0.5, 0.6) is 0 Å². The Kier molecular flexibility index (Phi) is 7.12. The zero-order chi connectivity index (χ0) is 8.31. The number of amides is 1. The van der Waals surface area contributed by atoms with Gasteiger partial charge in [-0.2, -0.15) is 6.92 Å². The van der Waals surface area contributed by atoms with E-state index in [0.717, 1.165) is 0 Å². The van der Waals surface area contributed by atoms with Gasteiger partial charge in [-0.25, -0.2) is 6.04 Å². The van der Waals surface area contributed by atoms with Gasteiger partial charge in [-0.1, -0.05) is 0 Å². The van der Waals surface area contributed by atoms with E-state index >= 15 is 0 Å². The third kappa shape index (κ3) is 4.54. The molecule has 0 atom stereocenters. The van der Waals surface area contributed by atoms with E-state index in [1.807, 2.05) is 0 Å². The van der Waals surface area contributed by atoms with Crippen LogP contribution in [0.15, 0.2) is 0 Å². The zero-order valence-electron chi connectivity index (χ0n) is 7.34. The molecule has 11 heavy (non-hydrogen) atoms. The van der Waals surface area contributed by atoms with Gasteiger partial charge < -0.3 is 9.69 Å². The van der Waals surface area contributed by atoms with Crippen molar-refractivity contribution in [1.82, 2.24) is 4.90 Å². The van der Waals surface area contributed by atoms with E-state index in [4.69, 9.17) is 0 Å². The van der Waals surface area contributed by atoms with Gasteiger partial charge >= 0.3 is 0 Å². The number of ketones is 1. The van der Waals surface area contributed by atoms with Gasteiger partial charge in [-0.15, -0.1) is 0 Å². The molecule has 0 aromatic carbocycles. The summed E-state index contributed by atoms with van der Waals surface area (Å²) in [5.41, 5.74) is 0. The van der Waals surface area contributed by atoms with E-state index in [2.05, 4.69) is 0 Å². The molecule has 0 rings (SSSR count). The van der Waals surface area contributed by atoms with Crippen LogP contribution in [0.2, 0.25) is 0 Å². The summed E-state index contributed by atoms with van der Waals surface area (Å²) < 4.78 is 0. The fourth-order valence-electron chi connectivity index (χ4n) is 0.472. The fourth-order valence-corrected chi connectivity index (χ4v) is 0.472. The molecule has 0 fully saturated rings. The second-order valence-electron chi connectivity index (χ2n) is 2.22. The largest absolute Gasteiger partial charge is 0.471 e. The molecule has 0 aliphatic rings. The van der Waals surface area contributed by atoms with Gasteiger partial charge in [0.25, 0.3) is 0 Å². The standard InChI is InChI=1S/C7H12NO2.Y/c1-5(6(2)9)8(4)7(3)10;/h1-4H3;/q-1;. The Morgan fingerprint density at radius 1 is 1.27 bits per heavy atom. The number of hydrogen-bond donors (Lipinski definition) is 0. The van der Waals surface area contributed by atoms with E-state index in [9.17, 15) is 9.59 Å². The molecule has 0 spiro atoms. The van der Waals surface area contributed by atoms with Crippen molar-refractivity contribution in [3.8, 4) is 0 Å². The van der Waals surface area contributed by atoms with Crippen molar-refractivity contribution in [2.75, 3.05) is 7.05 Å². The van der Waals surface area contributed by atoms with Crippen molar-refractivity contribution in [3.63, 3.8) is 0 Å². The second-order valence-corrected chi connectivity index (χ2v) is 2.22. The first-order valence-electron chi connectivity index (χ1n) is 3.05. The zero-order valence-corrected chi connectivity index (χ0v) is 10.2. The van der Waals surface area contributed by atoms with Crippen molar-refractivity contribution in [3.05, 3.63) is 6.04 Å². The van der Waals surface area contributed by atoms with Gasteiger partial charge in [0.2, 0.25) is 0 Å². The summed E-state index contributed by atoms with van der Waals surface area (Å²) in [5.74, 6) is -0.189. The summed E-state index contributed by atoms with van der Waals surface area (Å²) >= 11 is 0. The van der Waals surface area contributed by atoms with Gasteiger partial charge in [0, 0.05) is 45.4 Å². The Hall–Kier alpha value is 0.114. The van der Waals surface area contributed by atoms with Crippen molar-refractivity contribution in [2.24, 2.45) is 0 Å². The van der Waals surface area contributed by atoms with Crippen LogP contribution in [-0.4, -0.2) is 23.6 Å². The number of hydrogen-bond acceptors (Lipinski definition) is 2. The molecule has 0 saturated heterocycles. The van der Waals surface area contributed by atoms with Gasteiger partial charge in [0.15, 0.2) is 5.91 Å². The van der Waals surface area contributed by atoms with E-state index in [1.54, 1.807) is 14.0 Å². The van der Waals surface area contributed by atoms with E-state index < -0.39 is 0 Å². The quantitative estimate of drug-likeness (QED) is 0.652. The van der Waals surface area contributed by atoms with Gasteiger partial charge in [-0.05, 0) is 14.0 Å². The minimum Gasteiger partial charge on any atom is -0.471 e. The van der Waals surface area contributed by atoms with Crippen LogP contribution in [0.1, 0.15) is 20.8 Å². The first-order valence-corrected chi connectivity index (χ1v) is 3.05. The SMILES string of the molecule is CC(=O)[C-](C)N(C)C(C)=O.[Y]. The van der Waals surface area contributed by atoms with Gasteiger partial charge in [-0.3, -0.25) is 4.79 Å². The Bertz CT molecular complexity index is 141. The van der Waals surface area contributed by atoms with E-state index in [0.29, 0.717) is 6.04 Å². The minimum atomic E-state index is -0.118. The number of carbonyl (C=O) groups excluding carboxylic acids is 2. The van der Waals surface area contributed by atoms with Crippen LogP contribution >= 0.6 is 0 Å². The van der Waals surface area contributed by atoms with Crippen LogP contribution in [0, 0.1) is 6.04 Å². The number of carbonyl (C=O) groups is 2. The Balaban J connectivity index is 0. The molecule has 0 aliphatic heterocycles. The molecule has 0 unspecified atom stereocenters. The number of rotatable bonds is 2. The maximum absolute atomic E-state index is 10.7. The minimum absolute atomic E-state index is 0. The molecule has 0 N–H and O–H groups in total. The van der Waals surface area contributed by atoms with Crippen LogP contribution in [0.3, 0.4) is 0 Å². The summed E-state index contributed by atoms with van der Waals surface area (Å²) in [6.07, 6.45) is 0. The molecule has 0 aliphatic carbocycles. The summed E-state index contributed by atoms with van der Waals surface area (Å²) in [5, 5.41) is 0. The number of likely N-dealkylation sites (N-methyl/N-ethyl adjacent to an activating group) is 1. The normalized spacial score (nSPS) is 8.00. The predicted octanol–water partition coefficient (Wildman–Crippen LogP) is 0.603. The summed E-state index contributed by atoms with van der Waals surface area (Å²) in [7, 11) is 1.58. The van der Waals surface area contributed by atoms with Crippen LogP contribution in [-0.2, 0) is 42.3 Å². The third-order valence-corrected chi connectivity index (χ3v) is 1.48. The Morgan fingerprint density at radius 3 is 1.73 bits per heavy atom. The number of Topliss-reactive ketones (excluding diaryl/α,β-unsaturated/α-hetero) is 1. The first-order chi connectivity index (χ1) is 4.46. The average molecular weight is 231 g/mol. The van der Waals surface area contributed by atoms with E-state index in [-0.39, 0.29) is 44.4 Å². The predicted molar refractivity (Wildman–Crippen MR) is 38.0 cm³/mol. The van der Waals surface area contributed by atoms with Crippen LogP contribution in [0.25, 0.3) is 0 Å². The van der Waals surface area contributed by atoms with Crippen molar-refractivity contribution >= 4 is 11.7 Å². The molecule has 1 amide bonds. The molecule has 0 bridgehead atoms. The Morgan fingerprint density at radius 2 is 1.64 bits per heavy atom.